The van der Waals surface area contributed by atoms with Crippen LogP contribution >= 0.6 is 0 Å². The van der Waals surface area contributed by atoms with Crippen molar-refractivity contribution in [1.29, 1.82) is 0 Å². The minimum absolute atomic E-state index is 0.0106. The van der Waals surface area contributed by atoms with Crippen LogP contribution in [0.15, 0.2) is 60.7 Å². The molecule has 0 bridgehead atoms. The fraction of sp³-hybridized carbons (Fsp3) is 0.650. The molecule has 0 aliphatic heterocycles. The first-order valence-electron chi connectivity index (χ1n) is 18.6. The van der Waals surface area contributed by atoms with Gasteiger partial charge < -0.3 is 22.8 Å². The van der Waals surface area contributed by atoms with Crippen LogP contribution in [0.3, 0.4) is 0 Å². The first kappa shape index (κ1) is 45.0. The van der Waals surface area contributed by atoms with E-state index in [0.29, 0.717) is 24.8 Å². The smallest absolute Gasteiger partial charge is 0.315 e. The van der Waals surface area contributed by atoms with Gasteiger partial charge in [-0.3, -0.25) is 14.5 Å². The number of ether oxygens (including phenoxy) is 2. The van der Waals surface area contributed by atoms with Crippen molar-refractivity contribution in [3.8, 4) is 0 Å². The molecule has 0 heterocycles. The van der Waals surface area contributed by atoms with Gasteiger partial charge in [0.2, 0.25) is 0 Å². The molecule has 0 aromatic heterocycles. The van der Waals surface area contributed by atoms with E-state index in [9.17, 15) is 14.7 Å². The normalized spacial score (nSPS) is 16.5. The summed E-state index contributed by atoms with van der Waals surface area (Å²) < 4.78 is 24.9. The number of hydrogen-bond acceptors (Lipinski definition) is 8. The molecule has 1 N–H and O–H groups in total. The van der Waals surface area contributed by atoms with E-state index in [-0.39, 0.29) is 13.0 Å². The van der Waals surface area contributed by atoms with Gasteiger partial charge in [-0.25, -0.2) is 0 Å². The SMILES string of the molecule is CCC(C)CC(CC(C)(CC(C)(C(=O)OCCC[Si](C)(O[Si](C)(C)C)O[Si](C)(C)C)C(O)N(C)C)C(=O)OC)(c1ccccc1)c1ccccc1. The van der Waals surface area contributed by atoms with E-state index in [2.05, 4.69) is 83.9 Å². The number of esters is 2. The molecule has 0 aliphatic carbocycles. The van der Waals surface area contributed by atoms with Crippen molar-refractivity contribution in [3.05, 3.63) is 71.8 Å². The first-order chi connectivity index (χ1) is 23.5. The maximum absolute atomic E-state index is 14.3. The van der Waals surface area contributed by atoms with Gasteiger partial charge in [0, 0.05) is 5.41 Å². The Labute approximate surface area is 313 Å². The molecule has 2 rings (SSSR count). The van der Waals surface area contributed by atoms with E-state index < -0.39 is 59.6 Å². The Bertz CT molecular complexity index is 1320. The Hall–Kier alpha value is -2.13. The van der Waals surface area contributed by atoms with E-state index in [4.69, 9.17) is 17.7 Å². The average Bonchev–Trinajstić information content (AvgIpc) is 3.04. The van der Waals surface area contributed by atoms with Crippen molar-refractivity contribution in [3.63, 3.8) is 0 Å². The predicted octanol–water partition coefficient (Wildman–Crippen LogP) is 8.96. The van der Waals surface area contributed by atoms with Crippen LogP contribution in [0.1, 0.15) is 70.9 Å². The molecule has 8 nitrogen and oxygen atoms in total. The van der Waals surface area contributed by atoms with E-state index in [1.807, 2.05) is 43.3 Å². The number of nitrogens with zero attached hydrogens (tertiary/aromatic N) is 1. The van der Waals surface area contributed by atoms with Crippen LogP contribution in [-0.2, 0) is 32.7 Å². The van der Waals surface area contributed by atoms with Gasteiger partial charge in [-0.05, 0) is 123 Å². The summed E-state index contributed by atoms with van der Waals surface area (Å²) >= 11 is 0. The number of hydrogen-bond donors (Lipinski definition) is 1. The highest BCUT2D eigenvalue weighted by Gasteiger charge is 2.54. The third-order valence-electron chi connectivity index (χ3n) is 9.75. The molecule has 0 fully saturated rings. The largest absolute Gasteiger partial charge is 0.469 e. The molecule has 51 heavy (non-hydrogen) atoms. The molecule has 4 unspecified atom stereocenters. The van der Waals surface area contributed by atoms with Gasteiger partial charge >= 0.3 is 20.5 Å². The summed E-state index contributed by atoms with van der Waals surface area (Å²) in [5, 5.41) is 11.7. The zero-order chi connectivity index (χ0) is 38.9. The molecule has 2 aromatic carbocycles. The lowest BCUT2D eigenvalue weighted by Gasteiger charge is -2.46. The zero-order valence-electron chi connectivity index (χ0n) is 34.2. The van der Waals surface area contributed by atoms with Gasteiger partial charge in [-0.1, -0.05) is 80.9 Å². The number of carbonyl (C=O) groups is 2. The summed E-state index contributed by atoms with van der Waals surface area (Å²) in [4.78, 5) is 30.1. The number of aliphatic hydroxyl groups is 1. The zero-order valence-corrected chi connectivity index (χ0v) is 37.2. The third-order valence-corrected chi connectivity index (χ3v) is 19.4. The number of benzene rings is 2. The van der Waals surface area contributed by atoms with E-state index in [1.54, 1.807) is 25.9 Å². The monoisotopic (exact) mass is 759 g/mol. The van der Waals surface area contributed by atoms with Crippen LogP contribution in [0, 0.1) is 16.7 Å². The maximum Gasteiger partial charge on any atom is 0.315 e. The van der Waals surface area contributed by atoms with Crippen molar-refractivity contribution in [2.45, 2.75) is 123 Å². The molecule has 0 amide bonds. The second-order valence-electron chi connectivity index (χ2n) is 17.5. The summed E-state index contributed by atoms with van der Waals surface area (Å²) in [5.74, 6) is -0.645. The fourth-order valence-corrected chi connectivity index (χ4v) is 20.3. The predicted molar refractivity (Wildman–Crippen MR) is 216 cm³/mol. The molecular weight excluding hydrogens is 691 g/mol. The molecule has 0 saturated heterocycles. The van der Waals surface area contributed by atoms with Gasteiger partial charge in [0.15, 0.2) is 16.6 Å². The molecule has 2 aromatic rings. The Balaban J connectivity index is 2.58. The maximum atomic E-state index is 14.3. The second kappa shape index (κ2) is 18.3. The Morgan fingerprint density at radius 3 is 1.67 bits per heavy atom. The lowest BCUT2D eigenvalue weighted by atomic mass is 9.58. The molecule has 0 saturated carbocycles. The number of aliphatic hydroxyl groups excluding tert-OH is 1. The molecule has 4 atom stereocenters. The van der Waals surface area contributed by atoms with Crippen molar-refractivity contribution in [1.82, 2.24) is 4.90 Å². The lowest BCUT2D eigenvalue weighted by Crippen LogP contribution is -2.53. The average molecular weight is 760 g/mol. The van der Waals surface area contributed by atoms with Gasteiger partial charge in [0.25, 0.3) is 0 Å². The first-order valence-corrected chi connectivity index (χ1v) is 27.9. The minimum atomic E-state index is -2.53. The van der Waals surface area contributed by atoms with Crippen molar-refractivity contribution in [2.24, 2.45) is 16.7 Å². The van der Waals surface area contributed by atoms with Crippen LogP contribution in [0.5, 0.6) is 0 Å². The Kier molecular flexibility index (Phi) is 16.1. The Morgan fingerprint density at radius 2 is 1.27 bits per heavy atom. The summed E-state index contributed by atoms with van der Waals surface area (Å²) in [5.41, 5.74) is -1.06. The minimum Gasteiger partial charge on any atom is -0.469 e. The summed E-state index contributed by atoms with van der Waals surface area (Å²) in [6.07, 6.45) is 1.47. The molecule has 11 heteroatoms. The van der Waals surface area contributed by atoms with Gasteiger partial charge in [0.1, 0.15) is 11.6 Å². The molecular formula is C40H69NO7Si3. The summed E-state index contributed by atoms with van der Waals surface area (Å²) in [6.45, 7) is 23.3. The van der Waals surface area contributed by atoms with E-state index in [1.165, 1.54) is 7.11 Å². The number of rotatable bonds is 21. The quantitative estimate of drug-likeness (QED) is 0.0584. The summed E-state index contributed by atoms with van der Waals surface area (Å²) in [6, 6.07) is 21.3. The van der Waals surface area contributed by atoms with Crippen LogP contribution < -0.4 is 0 Å². The van der Waals surface area contributed by atoms with Gasteiger partial charge in [-0.2, -0.15) is 0 Å². The van der Waals surface area contributed by atoms with Crippen molar-refractivity contribution in [2.75, 3.05) is 27.8 Å². The lowest BCUT2D eigenvalue weighted by molar-refractivity contribution is -0.179. The van der Waals surface area contributed by atoms with Gasteiger partial charge in [-0.15, -0.1) is 0 Å². The molecule has 288 valence electrons. The molecule has 0 radical (unpaired) electrons. The van der Waals surface area contributed by atoms with Gasteiger partial charge in [0.05, 0.1) is 19.1 Å². The highest BCUT2D eigenvalue weighted by atomic mass is 28.5. The standard InChI is InChI=1S/C40H69NO7Si3/c1-15-32(2)29-40(33-23-18-16-19-24-33,34-25-20-17-21-26-34)31-38(3,36(43)45-7)30-39(4,35(42)41(5)6)37(44)46-27-22-28-51(14,47-49(8,9)10)48-50(11,12)13/h16-21,23-26,32,35,42H,15,22,27-31H2,1-14H3. The fourth-order valence-electron chi connectivity index (χ4n) is 7.84. The van der Waals surface area contributed by atoms with Crippen LogP contribution in [0.4, 0.5) is 0 Å². The van der Waals surface area contributed by atoms with Crippen molar-refractivity contribution >= 4 is 37.1 Å². The highest BCUT2D eigenvalue weighted by molar-refractivity contribution is 6.87. The second-order valence-corrected chi connectivity index (χ2v) is 30.3. The van der Waals surface area contributed by atoms with Crippen molar-refractivity contribution < 1.29 is 32.4 Å². The Morgan fingerprint density at radius 1 is 0.804 bits per heavy atom. The summed E-state index contributed by atoms with van der Waals surface area (Å²) in [7, 11) is -1.45. The van der Waals surface area contributed by atoms with Crippen LogP contribution in [-0.4, -0.2) is 81.2 Å². The van der Waals surface area contributed by atoms with E-state index in [0.717, 1.165) is 24.0 Å². The number of carbonyl (C=O) groups excluding carboxylic acids is 2. The van der Waals surface area contributed by atoms with Crippen LogP contribution in [0.25, 0.3) is 0 Å². The van der Waals surface area contributed by atoms with Crippen LogP contribution in [0.2, 0.25) is 51.9 Å². The highest BCUT2D eigenvalue weighted by Crippen LogP contribution is 2.52. The molecule has 0 aliphatic rings. The third kappa shape index (κ3) is 12.8. The van der Waals surface area contributed by atoms with E-state index >= 15 is 0 Å². The molecule has 0 spiro atoms. The number of methoxy groups -OCH3 is 1. The topological polar surface area (TPSA) is 94.5 Å².